The Morgan fingerprint density at radius 2 is 2.26 bits per heavy atom. The van der Waals surface area contributed by atoms with Crippen molar-refractivity contribution in [2.75, 3.05) is 6.54 Å². The Kier molecular flexibility index (Phi) is 2.98. The van der Waals surface area contributed by atoms with Gasteiger partial charge in [-0.2, -0.15) is 0 Å². The largest absolute Gasteiger partial charge is 0.341 e. The van der Waals surface area contributed by atoms with E-state index in [1.807, 2.05) is 11.8 Å². The molecule has 6 nitrogen and oxygen atoms in total. The zero-order valence-electron chi connectivity index (χ0n) is 10.7. The van der Waals surface area contributed by atoms with Gasteiger partial charge in [0, 0.05) is 12.7 Å². The molecule has 0 unspecified atom stereocenters. The maximum atomic E-state index is 12.4. The average Bonchev–Trinajstić information content (AvgIpc) is 3.09. The number of hydrogen-bond acceptors (Lipinski definition) is 4. The molecule has 1 amide bonds. The average molecular weight is 257 g/mol. The number of aromatic amines is 1. The highest BCUT2D eigenvalue weighted by atomic mass is 16.2. The molecule has 0 bridgehead atoms. The topological polar surface area (TPSA) is 74.8 Å². The molecule has 1 N–H and O–H groups in total. The third-order valence-electron chi connectivity index (χ3n) is 3.36. The van der Waals surface area contributed by atoms with Crippen LogP contribution in [0.15, 0.2) is 24.9 Å². The van der Waals surface area contributed by atoms with Gasteiger partial charge in [-0.15, -0.1) is 0 Å². The summed E-state index contributed by atoms with van der Waals surface area (Å²) in [4.78, 5) is 29.6. The Morgan fingerprint density at radius 1 is 1.37 bits per heavy atom. The minimum absolute atomic E-state index is 0.0169. The van der Waals surface area contributed by atoms with Crippen LogP contribution in [0.5, 0.6) is 0 Å². The first-order valence-corrected chi connectivity index (χ1v) is 6.33. The van der Waals surface area contributed by atoms with E-state index in [0.717, 1.165) is 30.8 Å². The summed E-state index contributed by atoms with van der Waals surface area (Å²) in [5, 5.41) is 0. The molecular formula is C13H15N5O. The lowest BCUT2D eigenvalue weighted by Gasteiger charge is -2.23. The zero-order chi connectivity index (χ0) is 13.2. The maximum Gasteiger partial charge on any atom is 0.272 e. The molecule has 98 valence electrons. The molecule has 1 aliphatic heterocycles. The van der Waals surface area contributed by atoms with E-state index in [-0.39, 0.29) is 11.9 Å². The number of hydrogen-bond donors (Lipinski definition) is 1. The molecule has 19 heavy (non-hydrogen) atoms. The van der Waals surface area contributed by atoms with E-state index in [0.29, 0.717) is 5.69 Å². The Hall–Kier alpha value is -2.24. The molecule has 3 rings (SSSR count). The monoisotopic (exact) mass is 257 g/mol. The quantitative estimate of drug-likeness (QED) is 0.884. The minimum atomic E-state index is -0.0247. The van der Waals surface area contributed by atoms with Gasteiger partial charge in [0.15, 0.2) is 0 Å². The van der Waals surface area contributed by atoms with Gasteiger partial charge in [0.1, 0.15) is 5.69 Å². The molecule has 3 heterocycles. The van der Waals surface area contributed by atoms with Crippen molar-refractivity contribution < 1.29 is 4.79 Å². The summed E-state index contributed by atoms with van der Waals surface area (Å²) in [6.45, 7) is 2.66. The summed E-state index contributed by atoms with van der Waals surface area (Å²) in [6.07, 6.45) is 8.46. The first kappa shape index (κ1) is 11.8. The molecular weight excluding hydrogens is 242 g/mol. The van der Waals surface area contributed by atoms with Gasteiger partial charge < -0.3 is 9.88 Å². The van der Waals surface area contributed by atoms with Gasteiger partial charge >= 0.3 is 0 Å². The molecule has 1 saturated heterocycles. The van der Waals surface area contributed by atoms with Crippen molar-refractivity contribution in [2.24, 2.45) is 0 Å². The number of carbonyl (C=O) groups is 1. The number of likely N-dealkylation sites (tertiary alicyclic amines) is 1. The van der Waals surface area contributed by atoms with Crippen molar-refractivity contribution in [3.8, 4) is 0 Å². The standard InChI is InChI=1S/C13H15N5O/c1-9-5-14-6-10(17-9)12-3-2-4-18(12)13(19)11-7-15-8-16-11/h5-8,12H,2-4H2,1H3,(H,15,16)/t12-/m0/s1. The van der Waals surface area contributed by atoms with Crippen LogP contribution < -0.4 is 0 Å². The first-order chi connectivity index (χ1) is 9.25. The van der Waals surface area contributed by atoms with Crippen LogP contribution >= 0.6 is 0 Å². The third kappa shape index (κ3) is 2.21. The van der Waals surface area contributed by atoms with Gasteiger partial charge in [0.2, 0.25) is 0 Å². The van der Waals surface area contributed by atoms with E-state index in [9.17, 15) is 4.79 Å². The lowest BCUT2D eigenvalue weighted by molar-refractivity contribution is 0.0727. The maximum absolute atomic E-state index is 12.4. The summed E-state index contributed by atoms with van der Waals surface area (Å²) >= 11 is 0. The van der Waals surface area contributed by atoms with Gasteiger partial charge in [0.05, 0.1) is 36.2 Å². The number of amides is 1. The number of carbonyl (C=O) groups excluding carboxylic acids is 1. The summed E-state index contributed by atoms with van der Waals surface area (Å²) in [7, 11) is 0. The number of H-pyrrole nitrogens is 1. The number of aryl methyl sites for hydroxylation is 1. The van der Waals surface area contributed by atoms with Gasteiger partial charge in [-0.25, -0.2) is 4.98 Å². The number of rotatable bonds is 2. The molecule has 2 aromatic rings. The fourth-order valence-electron chi connectivity index (χ4n) is 2.49. The second kappa shape index (κ2) is 4.79. The molecule has 0 aromatic carbocycles. The number of nitrogens with zero attached hydrogens (tertiary/aromatic N) is 4. The van der Waals surface area contributed by atoms with Crippen molar-refractivity contribution in [1.29, 1.82) is 0 Å². The molecule has 0 saturated carbocycles. The van der Waals surface area contributed by atoms with Crippen molar-refractivity contribution in [3.63, 3.8) is 0 Å². The van der Waals surface area contributed by atoms with Crippen molar-refractivity contribution in [1.82, 2.24) is 24.8 Å². The lowest BCUT2D eigenvalue weighted by Crippen LogP contribution is -2.31. The van der Waals surface area contributed by atoms with Crippen molar-refractivity contribution in [2.45, 2.75) is 25.8 Å². The van der Waals surface area contributed by atoms with E-state index in [1.54, 1.807) is 18.6 Å². The highest BCUT2D eigenvalue weighted by Crippen LogP contribution is 2.31. The van der Waals surface area contributed by atoms with Crippen LogP contribution in [0.1, 0.15) is 40.8 Å². The molecule has 0 radical (unpaired) electrons. The second-order valence-corrected chi connectivity index (χ2v) is 4.71. The molecule has 6 heteroatoms. The first-order valence-electron chi connectivity index (χ1n) is 6.33. The smallest absolute Gasteiger partial charge is 0.272 e. The van der Waals surface area contributed by atoms with Crippen LogP contribution in [0.25, 0.3) is 0 Å². The normalized spacial score (nSPS) is 18.8. The fourth-order valence-corrected chi connectivity index (χ4v) is 2.49. The summed E-state index contributed by atoms with van der Waals surface area (Å²) in [5.41, 5.74) is 2.26. The van der Waals surface area contributed by atoms with Crippen LogP contribution in [0, 0.1) is 6.92 Å². The van der Waals surface area contributed by atoms with Crippen LogP contribution in [-0.4, -0.2) is 37.3 Å². The van der Waals surface area contributed by atoms with Crippen LogP contribution in [0.4, 0.5) is 0 Å². The molecule has 1 aliphatic rings. The van der Waals surface area contributed by atoms with E-state index in [2.05, 4.69) is 19.9 Å². The number of imidazole rings is 1. The summed E-state index contributed by atoms with van der Waals surface area (Å²) < 4.78 is 0. The van der Waals surface area contributed by atoms with Crippen LogP contribution in [-0.2, 0) is 0 Å². The Labute approximate surface area is 110 Å². The predicted octanol–water partition coefficient (Wildman–Crippen LogP) is 1.49. The van der Waals surface area contributed by atoms with E-state index in [4.69, 9.17) is 0 Å². The highest BCUT2D eigenvalue weighted by Gasteiger charge is 2.32. The zero-order valence-corrected chi connectivity index (χ0v) is 10.7. The predicted molar refractivity (Wildman–Crippen MR) is 68.4 cm³/mol. The Bertz CT molecular complexity index is 580. The van der Waals surface area contributed by atoms with E-state index < -0.39 is 0 Å². The Morgan fingerprint density at radius 3 is 3.00 bits per heavy atom. The van der Waals surface area contributed by atoms with Gasteiger partial charge in [-0.1, -0.05) is 0 Å². The van der Waals surface area contributed by atoms with Gasteiger partial charge in [0.25, 0.3) is 5.91 Å². The molecule has 1 fully saturated rings. The number of nitrogens with one attached hydrogen (secondary N) is 1. The number of aromatic nitrogens is 4. The van der Waals surface area contributed by atoms with Crippen LogP contribution in [0.2, 0.25) is 0 Å². The van der Waals surface area contributed by atoms with Gasteiger partial charge in [-0.05, 0) is 19.8 Å². The van der Waals surface area contributed by atoms with E-state index in [1.165, 1.54) is 6.33 Å². The molecule has 0 spiro atoms. The molecule has 0 aliphatic carbocycles. The molecule has 1 atom stereocenters. The van der Waals surface area contributed by atoms with Crippen molar-refractivity contribution >= 4 is 5.91 Å². The second-order valence-electron chi connectivity index (χ2n) is 4.71. The minimum Gasteiger partial charge on any atom is -0.341 e. The lowest BCUT2D eigenvalue weighted by atomic mass is 10.1. The van der Waals surface area contributed by atoms with Crippen LogP contribution in [0.3, 0.4) is 0 Å². The van der Waals surface area contributed by atoms with Gasteiger partial charge in [-0.3, -0.25) is 14.8 Å². The van der Waals surface area contributed by atoms with Crippen molar-refractivity contribution in [3.05, 3.63) is 42.0 Å². The SMILES string of the molecule is Cc1cncc([C@@H]2CCCN2C(=O)c2cnc[nH]2)n1. The van der Waals surface area contributed by atoms with E-state index >= 15 is 0 Å². The fraction of sp³-hybridized carbons (Fsp3) is 0.385. The Balaban J connectivity index is 1.88. The summed E-state index contributed by atoms with van der Waals surface area (Å²) in [6, 6.07) is 0.0169. The highest BCUT2D eigenvalue weighted by molar-refractivity contribution is 5.92. The summed E-state index contributed by atoms with van der Waals surface area (Å²) in [5.74, 6) is -0.0247. The third-order valence-corrected chi connectivity index (χ3v) is 3.36. The molecule has 2 aromatic heterocycles.